The summed E-state index contributed by atoms with van der Waals surface area (Å²) in [6, 6.07) is 3.45. The summed E-state index contributed by atoms with van der Waals surface area (Å²) in [5, 5.41) is 8.42. The van der Waals surface area contributed by atoms with Crippen LogP contribution >= 0.6 is 0 Å². The largest absolute Gasteiger partial charge is 0.465 e. The molecule has 0 aliphatic carbocycles. The molecule has 0 aromatic carbocycles. The second kappa shape index (κ2) is 4.62. The fourth-order valence-electron chi connectivity index (χ4n) is 2.58. The summed E-state index contributed by atoms with van der Waals surface area (Å²) in [7, 11) is 3.48. The third-order valence-electron chi connectivity index (χ3n) is 3.61. The van der Waals surface area contributed by atoms with E-state index in [1.165, 1.54) is 7.11 Å². The Morgan fingerprint density at radius 1 is 1.47 bits per heavy atom. The number of hydrogen-bond acceptors (Lipinski definition) is 5. The highest BCUT2D eigenvalue weighted by molar-refractivity contribution is 5.90. The summed E-state index contributed by atoms with van der Waals surface area (Å²) in [6.45, 7) is 2.08. The van der Waals surface area contributed by atoms with Gasteiger partial charge in [-0.3, -0.25) is 4.40 Å². The Morgan fingerprint density at radius 2 is 2.32 bits per heavy atom. The summed E-state index contributed by atoms with van der Waals surface area (Å²) >= 11 is 0. The molecular weight excluding hydrogens is 244 g/mol. The molecule has 2 aromatic heterocycles. The van der Waals surface area contributed by atoms with Crippen molar-refractivity contribution in [2.24, 2.45) is 0 Å². The predicted molar refractivity (Wildman–Crippen MR) is 69.2 cm³/mol. The average molecular weight is 260 g/mol. The van der Waals surface area contributed by atoms with E-state index in [1.807, 2.05) is 10.6 Å². The third kappa shape index (κ3) is 2.08. The van der Waals surface area contributed by atoms with Crippen LogP contribution in [0.2, 0.25) is 0 Å². The van der Waals surface area contributed by atoms with Crippen LogP contribution in [0, 0.1) is 0 Å². The van der Waals surface area contributed by atoms with Crippen LogP contribution in [0.25, 0.3) is 5.65 Å². The molecule has 0 saturated carbocycles. The van der Waals surface area contributed by atoms with Gasteiger partial charge < -0.3 is 9.64 Å². The topological polar surface area (TPSA) is 59.7 Å². The van der Waals surface area contributed by atoms with Gasteiger partial charge in [0.15, 0.2) is 5.65 Å². The normalized spacial score (nSPS) is 20.0. The number of carbonyl (C=O) groups is 1. The van der Waals surface area contributed by atoms with E-state index in [0.717, 1.165) is 25.3 Å². The van der Waals surface area contributed by atoms with Crippen LogP contribution in [0.1, 0.15) is 28.5 Å². The smallest absolute Gasteiger partial charge is 0.338 e. The van der Waals surface area contributed by atoms with Gasteiger partial charge in [-0.1, -0.05) is 0 Å². The SMILES string of the molecule is COC(=O)c1ccn2c(C3CCN(C)C3)nnc2c1. The first-order valence-electron chi connectivity index (χ1n) is 6.30. The molecule has 0 amide bonds. The van der Waals surface area contributed by atoms with Crippen LogP contribution in [-0.4, -0.2) is 52.7 Å². The first kappa shape index (κ1) is 12.1. The summed E-state index contributed by atoms with van der Waals surface area (Å²) in [4.78, 5) is 13.8. The van der Waals surface area contributed by atoms with Gasteiger partial charge >= 0.3 is 5.97 Å². The van der Waals surface area contributed by atoms with E-state index < -0.39 is 0 Å². The number of nitrogens with zero attached hydrogens (tertiary/aromatic N) is 4. The highest BCUT2D eigenvalue weighted by Gasteiger charge is 2.25. The molecule has 6 nitrogen and oxygen atoms in total. The number of fused-ring (bicyclic) bond motifs is 1. The molecule has 1 saturated heterocycles. The van der Waals surface area contributed by atoms with E-state index in [2.05, 4.69) is 22.1 Å². The first-order chi connectivity index (χ1) is 9.19. The monoisotopic (exact) mass is 260 g/mol. The lowest BCUT2D eigenvalue weighted by molar-refractivity contribution is 0.0600. The van der Waals surface area contributed by atoms with Crippen LogP contribution in [0.3, 0.4) is 0 Å². The second-order valence-electron chi connectivity index (χ2n) is 4.94. The molecular formula is C13H16N4O2. The van der Waals surface area contributed by atoms with Gasteiger partial charge in [0.25, 0.3) is 0 Å². The highest BCUT2D eigenvalue weighted by atomic mass is 16.5. The molecule has 1 aliphatic rings. The molecule has 100 valence electrons. The van der Waals surface area contributed by atoms with E-state index in [-0.39, 0.29) is 5.97 Å². The number of likely N-dealkylation sites (N-methyl/N-ethyl adjacent to an activating group) is 1. The van der Waals surface area contributed by atoms with E-state index >= 15 is 0 Å². The Bertz CT molecular complexity index is 622. The number of carbonyl (C=O) groups excluding carboxylic acids is 1. The molecule has 1 atom stereocenters. The van der Waals surface area contributed by atoms with Gasteiger partial charge in [-0.05, 0) is 32.1 Å². The average Bonchev–Trinajstić information content (AvgIpc) is 3.02. The summed E-state index contributed by atoms with van der Waals surface area (Å²) in [6.07, 6.45) is 2.94. The summed E-state index contributed by atoms with van der Waals surface area (Å²) < 4.78 is 6.66. The molecule has 0 spiro atoms. The van der Waals surface area contributed by atoms with Gasteiger partial charge in [0.05, 0.1) is 12.7 Å². The van der Waals surface area contributed by atoms with Crippen molar-refractivity contribution in [2.45, 2.75) is 12.3 Å². The van der Waals surface area contributed by atoms with Crippen molar-refractivity contribution in [3.63, 3.8) is 0 Å². The van der Waals surface area contributed by atoms with Gasteiger partial charge in [0, 0.05) is 18.7 Å². The zero-order valence-electron chi connectivity index (χ0n) is 11.0. The Balaban J connectivity index is 1.98. The number of pyridine rings is 1. The lowest BCUT2D eigenvalue weighted by atomic mass is 10.1. The molecule has 1 fully saturated rings. The van der Waals surface area contributed by atoms with Crippen LogP contribution < -0.4 is 0 Å². The van der Waals surface area contributed by atoms with Crippen molar-refractivity contribution in [2.75, 3.05) is 27.2 Å². The van der Waals surface area contributed by atoms with Gasteiger partial charge in [0.2, 0.25) is 0 Å². The maximum atomic E-state index is 11.5. The lowest BCUT2D eigenvalue weighted by Crippen LogP contribution is -2.14. The summed E-state index contributed by atoms with van der Waals surface area (Å²) in [5.41, 5.74) is 1.19. The van der Waals surface area contributed by atoms with Crippen molar-refractivity contribution in [3.05, 3.63) is 29.7 Å². The Hall–Kier alpha value is -1.95. The highest BCUT2D eigenvalue weighted by Crippen LogP contribution is 2.25. The van der Waals surface area contributed by atoms with Crippen molar-refractivity contribution < 1.29 is 9.53 Å². The van der Waals surface area contributed by atoms with Crippen LogP contribution in [-0.2, 0) is 4.74 Å². The van der Waals surface area contributed by atoms with Gasteiger partial charge in [-0.2, -0.15) is 0 Å². The third-order valence-corrected chi connectivity index (χ3v) is 3.61. The second-order valence-corrected chi connectivity index (χ2v) is 4.94. The summed E-state index contributed by atoms with van der Waals surface area (Å²) in [5.74, 6) is 1.02. The predicted octanol–water partition coefficient (Wildman–Crippen LogP) is 0.935. The van der Waals surface area contributed by atoms with E-state index in [4.69, 9.17) is 4.74 Å². The molecule has 19 heavy (non-hydrogen) atoms. The van der Waals surface area contributed by atoms with Crippen LogP contribution in [0.15, 0.2) is 18.3 Å². The molecule has 0 N–H and O–H groups in total. The van der Waals surface area contributed by atoms with E-state index in [9.17, 15) is 4.79 Å². The minimum Gasteiger partial charge on any atom is -0.465 e. The first-order valence-corrected chi connectivity index (χ1v) is 6.30. The van der Waals surface area contributed by atoms with Gasteiger partial charge in [-0.15, -0.1) is 10.2 Å². The van der Waals surface area contributed by atoms with Gasteiger partial charge in [-0.25, -0.2) is 4.79 Å². The number of aromatic nitrogens is 3. The molecule has 0 bridgehead atoms. The van der Waals surface area contributed by atoms with Crippen LogP contribution in [0.5, 0.6) is 0 Å². The lowest BCUT2D eigenvalue weighted by Gasteiger charge is -2.08. The Labute approximate surface area is 111 Å². The number of methoxy groups -OCH3 is 1. The minimum atomic E-state index is -0.354. The van der Waals surface area contributed by atoms with Crippen molar-refractivity contribution in [1.82, 2.24) is 19.5 Å². The molecule has 2 aromatic rings. The van der Waals surface area contributed by atoms with Crippen molar-refractivity contribution >= 4 is 11.6 Å². The Kier molecular flexibility index (Phi) is 2.94. The molecule has 3 rings (SSSR count). The van der Waals surface area contributed by atoms with E-state index in [1.54, 1.807) is 12.1 Å². The molecule has 0 radical (unpaired) electrons. The zero-order valence-corrected chi connectivity index (χ0v) is 11.0. The molecule has 1 unspecified atom stereocenters. The minimum absolute atomic E-state index is 0.354. The fraction of sp³-hybridized carbons (Fsp3) is 0.462. The zero-order chi connectivity index (χ0) is 13.4. The standard InChI is InChI=1S/C13H16N4O2/c1-16-5-3-10(8-16)12-15-14-11-7-9(13(18)19-2)4-6-17(11)12/h4,6-7,10H,3,5,8H2,1-2H3. The number of esters is 1. The number of hydrogen-bond donors (Lipinski definition) is 0. The molecule has 6 heteroatoms. The van der Waals surface area contributed by atoms with Crippen molar-refractivity contribution in [3.8, 4) is 0 Å². The maximum absolute atomic E-state index is 11.5. The van der Waals surface area contributed by atoms with Crippen LogP contribution in [0.4, 0.5) is 0 Å². The fourth-order valence-corrected chi connectivity index (χ4v) is 2.58. The number of likely N-dealkylation sites (tertiary alicyclic amines) is 1. The van der Waals surface area contributed by atoms with E-state index in [0.29, 0.717) is 17.1 Å². The number of rotatable bonds is 2. The quantitative estimate of drug-likeness (QED) is 0.752. The molecule has 1 aliphatic heterocycles. The van der Waals surface area contributed by atoms with Gasteiger partial charge in [0.1, 0.15) is 5.82 Å². The maximum Gasteiger partial charge on any atom is 0.338 e. The molecule has 3 heterocycles. The Morgan fingerprint density at radius 3 is 3.00 bits per heavy atom. The van der Waals surface area contributed by atoms with Crippen molar-refractivity contribution in [1.29, 1.82) is 0 Å². The number of ether oxygens (including phenoxy) is 1.